The van der Waals surface area contributed by atoms with Gasteiger partial charge in [0.1, 0.15) is 10.8 Å². The highest BCUT2D eigenvalue weighted by Gasteiger charge is 2.36. The number of hydrogen-bond acceptors (Lipinski definition) is 2. The summed E-state index contributed by atoms with van der Waals surface area (Å²) >= 11 is -1.83. The Hall–Kier alpha value is -0.860. The maximum Gasteiger partial charge on any atom is 0.416 e. The van der Waals surface area contributed by atoms with Crippen LogP contribution in [0.3, 0.4) is 0 Å². The van der Waals surface area contributed by atoms with Crippen LogP contribution < -0.4 is 4.72 Å². The summed E-state index contributed by atoms with van der Waals surface area (Å²) in [5.74, 6) is 0. The molecule has 120 valence electrons. The second-order valence-electron chi connectivity index (χ2n) is 5.43. The van der Waals surface area contributed by atoms with Crippen LogP contribution in [-0.4, -0.2) is 15.7 Å². The van der Waals surface area contributed by atoms with Crippen molar-refractivity contribution in [2.45, 2.75) is 44.2 Å². The van der Waals surface area contributed by atoms with Gasteiger partial charge in [0.2, 0.25) is 0 Å². The van der Waals surface area contributed by atoms with Crippen LogP contribution in [0.2, 0.25) is 0 Å². The summed E-state index contributed by atoms with van der Waals surface area (Å²) in [4.78, 5) is 0. The topological polar surface area (TPSA) is 35.1 Å². The number of hydrogen-bond donors (Lipinski definition) is 1. The lowest BCUT2D eigenvalue weighted by atomic mass is 10.0. The predicted molar refractivity (Wildman–Crippen MR) is 71.2 cm³/mol. The summed E-state index contributed by atoms with van der Waals surface area (Å²) in [5.41, 5.74) is -1.27. The van der Waals surface area contributed by atoms with Crippen molar-refractivity contribution >= 4 is 11.4 Å². The van der Waals surface area contributed by atoms with Gasteiger partial charge in [-0.25, -0.2) is 8.78 Å². The largest absolute Gasteiger partial charge is 0.598 e. The molecule has 2 atom stereocenters. The molecular weight excluding hydrogens is 313 g/mol. The fourth-order valence-corrected chi connectivity index (χ4v) is 2.29. The van der Waals surface area contributed by atoms with E-state index in [1.54, 1.807) is 20.8 Å². The van der Waals surface area contributed by atoms with Gasteiger partial charge in [-0.3, -0.25) is 0 Å². The lowest BCUT2D eigenvalue weighted by Crippen LogP contribution is -2.43. The first-order valence-corrected chi connectivity index (χ1v) is 7.21. The molecule has 0 saturated carbocycles. The highest BCUT2D eigenvalue weighted by Crippen LogP contribution is 2.32. The molecule has 0 heterocycles. The highest BCUT2D eigenvalue weighted by atomic mass is 32.2. The van der Waals surface area contributed by atoms with Crippen molar-refractivity contribution in [3.05, 3.63) is 35.4 Å². The summed E-state index contributed by atoms with van der Waals surface area (Å²) in [5, 5.41) is 0. The first-order valence-electron chi connectivity index (χ1n) is 6.06. The van der Waals surface area contributed by atoms with E-state index >= 15 is 0 Å². The molecule has 21 heavy (non-hydrogen) atoms. The second-order valence-corrected chi connectivity index (χ2v) is 7.43. The lowest BCUT2D eigenvalue weighted by molar-refractivity contribution is -0.137. The van der Waals surface area contributed by atoms with Crippen LogP contribution in [-0.2, 0) is 17.5 Å². The quantitative estimate of drug-likeness (QED) is 0.668. The van der Waals surface area contributed by atoms with E-state index in [9.17, 15) is 26.5 Å². The van der Waals surface area contributed by atoms with Crippen LogP contribution in [0.5, 0.6) is 0 Å². The summed E-state index contributed by atoms with van der Waals surface area (Å²) in [6.07, 6.45) is -7.61. The zero-order valence-electron chi connectivity index (χ0n) is 11.7. The summed E-state index contributed by atoms with van der Waals surface area (Å²) < 4.78 is 77.3. The molecule has 1 N–H and O–H groups in total. The van der Waals surface area contributed by atoms with Gasteiger partial charge in [-0.05, 0) is 38.5 Å². The third-order valence-electron chi connectivity index (χ3n) is 2.62. The van der Waals surface area contributed by atoms with Gasteiger partial charge >= 0.3 is 6.18 Å². The van der Waals surface area contributed by atoms with Crippen LogP contribution in [0.4, 0.5) is 22.0 Å². The minimum atomic E-state index is -4.62. The summed E-state index contributed by atoms with van der Waals surface area (Å²) in [6.45, 7) is 4.72. The standard InChI is InChI=1S/C13H16F5NOS/c1-12(2,3)21(20)19-10(11(14)15)8-5-4-6-9(7-8)13(16,17)18/h4-7,10-11,19H,1-3H3. The molecule has 1 aromatic rings. The van der Waals surface area contributed by atoms with Crippen LogP contribution in [0.1, 0.15) is 37.9 Å². The van der Waals surface area contributed by atoms with Crippen LogP contribution in [0.15, 0.2) is 24.3 Å². The van der Waals surface area contributed by atoms with E-state index in [0.717, 1.165) is 18.2 Å². The van der Waals surface area contributed by atoms with Crippen molar-refractivity contribution in [2.24, 2.45) is 0 Å². The molecule has 0 amide bonds. The zero-order valence-corrected chi connectivity index (χ0v) is 12.5. The van der Waals surface area contributed by atoms with Gasteiger partial charge in [0.15, 0.2) is 0 Å². The molecule has 0 aliphatic rings. The molecule has 2 nitrogen and oxygen atoms in total. The molecule has 0 aromatic heterocycles. The molecule has 0 aliphatic heterocycles. The normalized spacial score (nSPS) is 16.1. The first kappa shape index (κ1) is 18.2. The minimum absolute atomic E-state index is 0.252. The monoisotopic (exact) mass is 329 g/mol. The first-order chi connectivity index (χ1) is 9.43. The maximum atomic E-state index is 13.1. The molecule has 0 radical (unpaired) electrons. The Labute approximate surface area is 123 Å². The van der Waals surface area contributed by atoms with Crippen LogP contribution >= 0.6 is 0 Å². The Bertz CT molecular complexity index is 472. The van der Waals surface area contributed by atoms with Crippen molar-refractivity contribution in [3.63, 3.8) is 0 Å². The minimum Gasteiger partial charge on any atom is -0.598 e. The Morgan fingerprint density at radius 3 is 2.14 bits per heavy atom. The molecule has 1 aromatic carbocycles. The second kappa shape index (κ2) is 6.50. The Balaban J connectivity index is 3.07. The number of benzene rings is 1. The molecule has 0 fully saturated rings. The van der Waals surface area contributed by atoms with Crippen molar-refractivity contribution in [2.75, 3.05) is 0 Å². The maximum absolute atomic E-state index is 13.1. The third-order valence-corrected chi connectivity index (χ3v) is 4.20. The van der Waals surface area contributed by atoms with Gasteiger partial charge in [0.25, 0.3) is 6.43 Å². The molecular formula is C13H16F5NOS. The smallest absolute Gasteiger partial charge is 0.416 e. The number of rotatable bonds is 4. The summed E-state index contributed by atoms with van der Waals surface area (Å²) in [7, 11) is 0. The number of halogens is 5. The molecule has 0 saturated heterocycles. The number of alkyl halides is 5. The molecule has 0 bridgehead atoms. The Morgan fingerprint density at radius 1 is 1.14 bits per heavy atom. The molecule has 8 heteroatoms. The molecule has 0 aliphatic carbocycles. The van der Waals surface area contributed by atoms with Gasteiger partial charge < -0.3 is 4.55 Å². The van der Waals surface area contributed by atoms with Crippen molar-refractivity contribution in [1.82, 2.24) is 4.72 Å². The zero-order chi connectivity index (χ0) is 16.4. The van der Waals surface area contributed by atoms with Gasteiger partial charge in [-0.15, -0.1) is 4.72 Å². The van der Waals surface area contributed by atoms with E-state index in [-0.39, 0.29) is 5.56 Å². The summed E-state index contributed by atoms with van der Waals surface area (Å²) in [6, 6.07) is 1.91. The number of nitrogens with one attached hydrogen (secondary N) is 1. The van der Waals surface area contributed by atoms with Gasteiger partial charge in [0.05, 0.1) is 5.56 Å². The molecule has 0 spiro atoms. The Kier molecular flexibility index (Phi) is 5.63. The SMILES string of the molecule is CC(C)(C)[S+]([O-])NC(c1cccc(C(F)(F)F)c1)C(F)F. The predicted octanol–water partition coefficient (Wildman–Crippen LogP) is 4.06. The van der Waals surface area contributed by atoms with Crippen LogP contribution in [0.25, 0.3) is 0 Å². The van der Waals surface area contributed by atoms with E-state index in [4.69, 9.17) is 0 Å². The van der Waals surface area contributed by atoms with E-state index in [1.807, 2.05) is 0 Å². The van der Waals surface area contributed by atoms with Crippen molar-refractivity contribution in [1.29, 1.82) is 0 Å². The lowest BCUT2D eigenvalue weighted by Gasteiger charge is -2.28. The van der Waals surface area contributed by atoms with Gasteiger partial charge in [0, 0.05) is 11.4 Å². The van der Waals surface area contributed by atoms with E-state index in [0.29, 0.717) is 6.07 Å². The highest BCUT2D eigenvalue weighted by molar-refractivity contribution is 7.90. The Morgan fingerprint density at radius 2 is 1.71 bits per heavy atom. The van der Waals surface area contributed by atoms with E-state index < -0.39 is 40.3 Å². The molecule has 1 rings (SSSR count). The molecule has 2 unspecified atom stereocenters. The average molecular weight is 329 g/mol. The average Bonchev–Trinajstić information content (AvgIpc) is 2.33. The van der Waals surface area contributed by atoms with E-state index in [2.05, 4.69) is 4.72 Å². The fraction of sp³-hybridized carbons (Fsp3) is 0.538. The van der Waals surface area contributed by atoms with Crippen LogP contribution in [0, 0.1) is 0 Å². The van der Waals surface area contributed by atoms with Gasteiger partial charge in [-0.1, -0.05) is 12.1 Å². The fourth-order valence-electron chi connectivity index (χ4n) is 1.47. The van der Waals surface area contributed by atoms with E-state index in [1.165, 1.54) is 0 Å². The van der Waals surface area contributed by atoms with Crippen molar-refractivity contribution in [3.8, 4) is 0 Å². The van der Waals surface area contributed by atoms with Crippen molar-refractivity contribution < 1.29 is 26.5 Å². The van der Waals surface area contributed by atoms with Gasteiger partial charge in [-0.2, -0.15) is 13.2 Å². The third kappa shape index (κ3) is 5.12.